The molecule has 1 aliphatic rings. The molecule has 1 aliphatic carbocycles. The highest BCUT2D eigenvalue weighted by Crippen LogP contribution is 2.31. The second kappa shape index (κ2) is 5.68. The number of carbonyl (C=O) groups is 1. The molecule has 0 aromatic heterocycles. The molecular formula is C10H17F3N2O2. The number of nitrogens with two attached hydrogens (primary N) is 1. The zero-order chi connectivity index (χ0) is 13.1. The maximum absolute atomic E-state index is 12.0. The number of aliphatic hydroxyl groups is 1. The normalized spacial score (nSPS) is 26.9. The molecule has 0 saturated heterocycles. The van der Waals surface area contributed by atoms with Crippen LogP contribution in [0.4, 0.5) is 13.2 Å². The first-order valence-corrected chi connectivity index (χ1v) is 5.58. The van der Waals surface area contributed by atoms with Crippen LogP contribution in [0.1, 0.15) is 19.3 Å². The minimum Gasteiger partial charge on any atom is -0.382 e. The number of alkyl halides is 3. The van der Waals surface area contributed by atoms with Crippen molar-refractivity contribution in [3.8, 4) is 0 Å². The van der Waals surface area contributed by atoms with E-state index >= 15 is 0 Å². The van der Waals surface area contributed by atoms with E-state index in [1.807, 2.05) is 0 Å². The van der Waals surface area contributed by atoms with Crippen molar-refractivity contribution in [1.29, 1.82) is 0 Å². The van der Waals surface area contributed by atoms with Gasteiger partial charge in [-0.2, -0.15) is 13.2 Å². The van der Waals surface area contributed by atoms with E-state index in [1.165, 1.54) is 0 Å². The molecule has 7 heteroatoms. The van der Waals surface area contributed by atoms with Crippen molar-refractivity contribution in [2.24, 2.45) is 17.6 Å². The molecule has 1 amide bonds. The predicted molar refractivity (Wildman–Crippen MR) is 55.0 cm³/mol. The standard InChI is InChI=1S/C10H17F3N2O2/c11-10(12,13)8(16)5-15-9(17)7-3-1-2-6(7)4-14/h6-8,16H,1-5,14H2,(H,15,17)/t6-,7-,8?/m1/s1. The van der Waals surface area contributed by atoms with E-state index in [-0.39, 0.29) is 11.8 Å². The number of amides is 1. The number of rotatable bonds is 4. The smallest absolute Gasteiger partial charge is 0.382 e. The number of nitrogens with one attached hydrogen (secondary N) is 1. The lowest BCUT2D eigenvalue weighted by molar-refractivity contribution is -0.202. The Balaban J connectivity index is 2.39. The van der Waals surface area contributed by atoms with Crippen LogP contribution < -0.4 is 11.1 Å². The summed E-state index contributed by atoms with van der Waals surface area (Å²) < 4.78 is 36.0. The highest BCUT2D eigenvalue weighted by molar-refractivity contribution is 5.79. The van der Waals surface area contributed by atoms with Crippen LogP contribution in [0.25, 0.3) is 0 Å². The van der Waals surface area contributed by atoms with E-state index in [4.69, 9.17) is 10.8 Å². The van der Waals surface area contributed by atoms with Crippen LogP contribution in [0.5, 0.6) is 0 Å². The maximum atomic E-state index is 12.0. The average Bonchev–Trinajstić information content (AvgIpc) is 2.71. The Morgan fingerprint density at radius 1 is 1.47 bits per heavy atom. The van der Waals surface area contributed by atoms with Gasteiger partial charge in [0.15, 0.2) is 6.10 Å². The fourth-order valence-corrected chi connectivity index (χ4v) is 2.11. The van der Waals surface area contributed by atoms with Crippen LogP contribution >= 0.6 is 0 Å². The van der Waals surface area contributed by atoms with Gasteiger partial charge < -0.3 is 16.2 Å². The summed E-state index contributed by atoms with van der Waals surface area (Å²) in [6, 6.07) is 0. The quantitative estimate of drug-likeness (QED) is 0.679. The number of hydrogen-bond donors (Lipinski definition) is 3. The highest BCUT2D eigenvalue weighted by atomic mass is 19.4. The molecule has 0 heterocycles. The summed E-state index contributed by atoms with van der Waals surface area (Å²) in [4.78, 5) is 11.6. The molecule has 4 N–H and O–H groups in total. The van der Waals surface area contributed by atoms with Crippen molar-refractivity contribution in [2.45, 2.75) is 31.5 Å². The van der Waals surface area contributed by atoms with Crippen molar-refractivity contribution in [3.05, 3.63) is 0 Å². The fourth-order valence-electron chi connectivity index (χ4n) is 2.11. The van der Waals surface area contributed by atoms with E-state index in [9.17, 15) is 18.0 Å². The molecule has 4 nitrogen and oxygen atoms in total. The maximum Gasteiger partial charge on any atom is 0.416 e. The molecule has 0 aromatic rings. The van der Waals surface area contributed by atoms with Gasteiger partial charge in [0.05, 0.1) is 6.54 Å². The van der Waals surface area contributed by atoms with Crippen LogP contribution in [0, 0.1) is 11.8 Å². The fraction of sp³-hybridized carbons (Fsp3) is 0.900. The van der Waals surface area contributed by atoms with Crippen LogP contribution in [0.3, 0.4) is 0 Å². The highest BCUT2D eigenvalue weighted by Gasteiger charge is 2.39. The zero-order valence-electron chi connectivity index (χ0n) is 9.33. The van der Waals surface area contributed by atoms with Crippen molar-refractivity contribution < 1.29 is 23.1 Å². The molecule has 0 aliphatic heterocycles. The van der Waals surface area contributed by atoms with Gasteiger partial charge in [0.1, 0.15) is 0 Å². The minimum atomic E-state index is -4.70. The largest absolute Gasteiger partial charge is 0.416 e. The van der Waals surface area contributed by atoms with Crippen LogP contribution in [-0.2, 0) is 4.79 Å². The third-order valence-corrected chi connectivity index (χ3v) is 3.15. The number of halogens is 3. The molecule has 0 bridgehead atoms. The molecule has 1 saturated carbocycles. The first kappa shape index (κ1) is 14.2. The van der Waals surface area contributed by atoms with Gasteiger partial charge >= 0.3 is 6.18 Å². The lowest BCUT2D eigenvalue weighted by Crippen LogP contribution is -2.43. The molecule has 17 heavy (non-hydrogen) atoms. The lowest BCUT2D eigenvalue weighted by Gasteiger charge is -2.19. The Bertz CT molecular complexity index is 271. The van der Waals surface area contributed by atoms with Crippen molar-refractivity contribution in [1.82, 2.24) is 5.32 Å². The molecule has 3 atom stereocenters. The van der Waals surface area contributed by atoms with Gasteiger partial charge in [-0.3, -0.25) is 4.79 Å². The Morgan fingerprint density at radius 3 is 2.65 bits per heavy atom. The lowest BCUT2D eigenvalue weighted by atomic mass is 9.95. The third-order valence-electron chi connectivity index (χ3n) is 3.15. The molecule has 1 rings (SSSR count). The zero-order valence-corrected chi connectivity index (χ0v) is 9.33. The predicted octanol–water partition coefficient (Wildman–Crippen LogP) is 0.401. The average molecular weight is 254 g/mol. The van der Waals surface area contributed by atoms with Crippen LogP contribution in [0.2, 0.25) is 0 Å². The Kier molecular flexibility index (Phi) is 4.76. The van der Waals surface area contributed by atoms with E-state index < -0.39 is 24.7 Å². The van der Waals surface area contributed by atoms with Crippen LogP contribution in [0.15, 0.2) is 0 Å². The van der Waals surface area contributed by atoms with Gasteiger partial charge in [0, 0.05) is 5.92 Å². The van der Waals surface area contributed by atoms with E-state index in [1.54, 1.807) is 0 Å². The summed E-state index contributed by atoms with van der Waals surface area (Å²) in [6.07, 6.45) is -4.87. The second-order valence-electron chi connectivity index (χ2n) is 4.34. The summed E-state index contributed by atoms with van der Waals surface area (Å²) in [5.41, 5.74) is 5.48. The monoisotopic (exact) mass is 254 g/mol. The summed E-state index contributed by atoms with van der Waals surface area (Å²) in [5.74, 6) is -0.722. The Labute approximate surface area is 97.4 Å². The van der Waals surface area contributed by atoms with Gasteiger partial charge in [-0.05, 0) is 25.3 Å². The van der Waals surface area contributed by atoms with Gasteiger partial charge in [-0.1, -0.05) is 6.42 Å². The summed E-state index contributed by atoms with van der Waals surface area (Å²) >= 11 is 0. The molecule has 1 fully saturated rings. The Hall–Kier alpha value is -0.820. The van der Waals surface area contributed by atoms with Crippen molar-refractivity contribution in [2.75, 3.05) is 13.1 Å². The molecule has 1 unspecified atom stereocenters. The second-order valence-corrected chi connectivity index (χ2v) is 4.34. The molecule has 100 valence electrons. The SMILES string of the molecule is NC[C@H]1CCC[C@H]1C(=O)NCC(O)C(F)(F)F. The van der Waals surface area contributed by atoms with Gasteiger partial charge in [0.25, 0.3) is 0 Å². The summed E-state index contributed by atoms with van der Waals surface area (Å²) in [5, 5.41) is 10.9. The summed E-state index contributed by atoms with van der Waals surface area (Å²) in [6.45, 7) is -0.434. The van der Waals surface area contributed by atoms with Gasteiger partial charge in [-0.15, -0.1) is 0 Å². The number of hydrogen-bond acceptors (Lipinski definition) is 3. The van der Waals surface area contributed by atoms with Gasteiger partial charge in [-0.25, -0.2) is 0 Å². The number of carbonyl (C=O) groups excluding carboxylic acids is 1. The number of aliphatic hydroxyl groups excluding tert-OH is 1. The van der Waals surface area contributed by atoms with E-state index in [0.29, 0.717) is 13.0 Å². The van der Waals surface area contributed by atoms with Crippen molar-refractivity contribution >= 4 is 5.91 Å². The van der Waals surface area contributed by atoms with E-state index in [0.717, 1.165) is 12.8 Å². The molecule has 0 aromatic carbocycles. The van der Waals surface area contributed by atoms with Crippen molar-refractivity contribution in [3.63, 3.8) is 0 Å². The van der Waals surface area contributed by atoms with Crippen LogP contribution in [-0.4, -0.2) is 36.4 Å². The van der Waals surface area contributed by atoms with Gasteiger partial charge in [0.2, 0.25) is 5.91 Å². The molecule has 0 radical (unpaired) electrons. The minimum absolute atomic E-state index is 0.0398. The van der Waals surface area contributed by atoms with E-state index in [2.05, 4.69) is 5.32 Å². The topological polar surface area (TPSA) is 75.4 Å². The molecule has 0 spiro atoms. The summed E-state index contributed by atoms with van der Waals surface area (Å²) in [7, 11) is 0. The molecular weight excluding hydrogens is 237 g/mol. The third kappa shape index (κ3) is 3.85. The first-order valence-electron chi connectivity index (χ1n) is 5.58. The first-order chi connectivity index (χ1) is 7.86. The Morgan fingerprint density at radius 2 is 2.12 bits per heavy atom.